The molecule has 122 valence electrons. The zero-order chi connectivity index (χ0) is 16.8. The normalized spacial score (nSPS) is 10.4. The molecule has 0 aliphatic carbocycles. The van der Waals surface area contributed by atoms with E-state index in [1.807, 2.05) is 30.3 Å². The van der Waals surface area contributed by atoms with Gasteiger partial charge in [-0.1, -0.05) is 18.2 Å². The summed E-state index contributed by atoms with van der Waals surface area (Å²) in [5, 5.41) is 10.2. The average Bonchev–Trinajstić information content (AvgIpc) is 3.14. The molecule has 3 aromatic rings. The van der Waals surface area contributed by atoms with Gasteiger partial charge in [0, 0.05) is 4.47 Å². The van der Waals surface area contributed by atoms with Gasteiger partial charge in [-0.3, -0.25) is 9.36 Å². The lowest BCUT2D eigenvalue weighted by Gasteiger charge is -2.09. The molecule has 0 unspecified atom stereocenters. The molecule has 0 spiro atoms. The van der Waals surface area contributed by atoms with Crippen molar-refractivity contribution in [1.82, 2.24) is 25.1 Å². The lowest BCUT2D eigenvalue weighted by molar-refractivity contribution is 0.0941. The summed E-state index contributed by atoms with van der Waals surface area (Å²) in [5.41, 5.74) is 0.293. The van der Waals surface area contributed by atoms with E-state index in [4.69, 9.17) is 4.74 Å². The summed E-state index contributed by atoms with van der Waals surface area (Å²) in [6, 6.07) is 13.0. The van der Waals surface area contributed by atoms with Crippen LogP contribution >= 0.6 is 15.9 Å². The summed E-state index contributed by atoms with van der Waals surface area (Å²) < 4.78 is 7.78. The van der Waals surface area contributed by atoms with E-state index in [1.165, 1.54) is 12.7 Å². The topological polar surface area (TPSA) is 81.9 Å². The zero-order valence-corrected chi connectivity index (χ0v) is 14.2. The maximum Gasteiger partial charge on any atom is 0.271 e. The van der Waals surface area contributed by atoms with E-state index < -0.39 is 0 Å². The Hall–Kier alpha value is -2.74. The third-order valence-electron chi connectivity index (χ3n) is 3.13. The number of aromatic nitrogens is 4. The number of nitrogens with one attached hydrogen (secondary N) is 1. The number of rotatable bonds is 6. The van der Waals surface area contributed by atoms with Crippen molar-refractivity contribution in [3.05, 3.63) is 65.3 Å². The number of benzene rings is 1. The van der Waals surface area contributed by atoms with Gasteiger partial charge < -0.3 is 10.1 Å². The van der Waals surface area contributed by atoms with Gasteiger partial charge in [-0.15, -0.1) is 10.2 Å². The smallest absolute Gasteiger partial charge is 0.271 e. The molecule has 1 aromatic carbocycles. The first-order valence-corrected chi connectivity index (χ1v) is 8.01. The summed E-state index contributed by atoms with van der Waals surface area (Å²) >= 11 is 3.34. The third-order valence-corrected chi connectivity index (χ3v) is 3.77. The van der Waals surface area contributed by atoms with E-state index in [-0.39, 0.29) is 5.91 Å². The Kier molecular flexibility index (Phi) is 5.17. The second kappa shape index (κ2) is 7.69. The number of nitrogens with zero attached hydrogens (tertiary/aromatic N) is 4. The molecule has 0 fully saturated rings. The van der Waals surface area contributed by atoms with E-state index >= 15 is 0 Å². The first-order chi connectivity index (χ1) is 11.7. The molecule has 2 heterocycles. The van der Waals surface area contributed by atoms with Crippen LogP contribution in [0.25, 0.3) is 5.82 Å². The summed E-state index contributed by atoms with van der Waals surface area (Å²) in [6.45, 7) is 0.747. The monoisotopic (exact) mass is 387 g/mol. The Morgan fingerprint density at radius 3 is 2.62 bits per heavy atom. The van der Waals surface area contributed by atoms with Crippen LogP contribution < -0.4 is 10.1 Å². The number of para-hydroxylation sites is 1. The average molecular weight is 388 g/mol. The van der Waals surface area contributed by atoms with Gasteiger partial charge in [-0.25, -0.2) is 4.98 Å². The minimum Gasteiger partial charge on any atom is -0.492 e. The van der Waals surface area contributed by atoms with Gasteiger partial charge in [-0.05, 0) is 40.2 Å². The Balaban J connectivity index is 1.59. The van der Waals surface area contributed by atoms with Gasteiger partial charge in [0.2, 0.25) is 0 Å². The van der Waals surface area contributed by atoms with E-state index in [0.717, 1.165) is 5.75 Å². The number of hydrogen-bond acceptors (Lipinski definition) is 5. The minimum atomic E-state index is -0.284. The van der Waals surface area contributed by atoms with Crippen LogP contribution in [0.2, 0.25) is 0 Å². The maximum atomic E-state index is 12.3. The lowest BCUT2D eigenvalue weighted by atomic mass is 10.3. The van der Waals surface area contributed by atoms with Crippen molar-refractivity contribution in [2.24, 2.45) is 0 Å². The number of pyridine rings is 1. The number of amides is 1. The molecule has 0 saturated carbocycles. The molecule has 0 aliphatic heterocycles. The number of halogens is 1. The molecule has 0 bridgehead atoms. The summed E-state index contributed by atoms with van der Waals surface area (Å²) in [5.74, 6) is 1.04. The summed E-state index contributed by atoms with van der Waals surface area (Å²) in [6.07, 6.45) is 3.04. The van der Waals surface area contributed by atoms with E-state index in [2.05, 4.69) is 36.4 Å². The van der Waals surface area contributed by atoms with Crippen molar-refractivity contribution in [3.8, 4) is 11.6 Å². The van der Waals surface area contributed by atoms with E-state index in [0.29, 0.717) is 29.1 Å². The molecule has 0 atom stereocenters. The van der Waals surface area contributed by atoms with Crippen LogP contribution in [0.5, 0.6) is 5.75 Å². The van der Waals surface area contributed by atoms with Gasteiger partial charge >= 0.3 is 0 Å². The maximum absolute atomic E-state index is 12.3. The lowest BCUT2D eigenvalue weighted by Crippen LogP contribution is -2.29. The van der Waals surface area contributed by atoms with Crippen LogP contribution in [0, 0.1) is 0 Å². The van der Waals surface area contributed by atoms with Crippen LogP contribution in [0.3, 0.4) is 0 Å². The highest BCUT2D eigenvalue weighted by Crippen LogP contribution is 2.17. The molecule has 3 rings (SSSR count). The number of carbonyl (C=O) groups excluding carboxylic acids is 1. The molecule has 24 heavy (non-hydrogen) atoms. The highest BCUT2D eigenvalue weighted by molar-refractivity contribution is 9.10. The Bertz CT molecular complexity index is 809. The predicted molar refractivity (Wildman–Crippen MR) is 91.1 cm³/mol. The fourth-order valence-corrected chi connectivity index (χ4v) is 2.39. The Labute approximate surface area is 146 Å². The highest BCUT2D eigenvalue weighted by Gasteiger charge is 2.13. The molecule has 0 aliphatic rings. The van der Waals surface area contributed by atoms with Crippen molar-refractivity contribution < 1.29 is 9.53 Å². The molecule has 7 nitrogen and oxygen atoms in total. The number of hydrogen-bond donors (Lipinski definition) is 1. The first-order valence-electron chi connectivity index (χ1n) is 7.21. The van der Waals surface area contributed by atoms with Gasteiger partial charge in [-0.2, -0.15) is 0 Å². The standard InChI is InChI=1S/C16H14BrN5O2/c17-13-6-7-14(22-10-19-20-11-22)21-15(13)16(23)18-8-9-24-12-4-2-1-3-5-12/h1-7,10-11H,8-9H2,(H,18,23). The zero-order valence-electron chi connectivity index (χ0n) is 12.6. The van der Waals surface area contributed by atoms with Crippen molar-refractivity contribution in [2.45, 2.75) is 0 Å². The van der Waals surface area contributed by atoms with Crippen LogP contribution in [-0.4, -0.2) is 38.8 Å². The molecule has 8 heteroatoms. The van der Waals surface area contributed by atoms with Gasteiger partial charge in [0.1, 0.15) is 36.5 Å². The molecule has 1 N–H and O–H groups in total. The van der Waals surface area contributed by atoms with E-state index in [9.17, 15) is 4.79 Å². The largest absolute Gasteiger partial charge is 0.492 e. The minimum absolute atomic E-state index is 0.284. The number of ether oxygens (including phenoxy) is 1. The van der Waals surface area contributed by atoms with Crippen molar-refractivity contribution in [2.75, 3.05) is 13.2 Å². The quantitative estimate of drug-likeness (QED) is 0.655. The Morgan fingerprint density at radius 2 is 1.88 bits per heavy atom. The van der Waals surface area contributed by atoms with Crippen molar-refractivity contribution in [1.29, 1.82) is 0 Å². The molecule has 0 radical (unpaired) electrons. The summed E-state index contributed by atoms with van der Waals surface area (Å²) in [4.78, 5) is 16.6. The van der Waals surface area contributed by atoms with Gasteiger partial charge in [0.25, 0.3) is 5.91 Å². The van der Waals surface area contributed by atoms with Crippen LogP contribution in [-0.2, 0) is 0 Å². The SMILES string of the molecule is O=C(NCCOc1ccccc1)c1nc(-n2cnnc2)ccc1Br. The van der Waals surface area contributed by atoms with Crippen LogP contribution in [0.15, 0.2) is 59.6 Å². The number of carbonyl (C=O) groups is 1. The molecule has 1 amide bonds. The predicted octanol–water partition coefficient (Wildman–Crippen LogP) is 2.23. The molecular weight excluding hydrogens is 374 g/mol. The van der Waals surface area contributed by atoms with Gasteiger partial charge in [0.05, 0.1) is 6.54 Å². The fourth-order valence-electron chi connectivity index (χ4n) is 1.99. The fraction of sp³-hybridized carbons (Fsp3) is 0.125. The summed E-state index contributed by atoms with van der Waals surface area (Å²) in [7, 11) is 0. The second-order valence-electron chi connectivity index (χ2n) is 4.79. The molecule has 2 aromatic heterocycles. The van der Waals surface area contributed by atoms with E-state index in [1.54, 1.807) is 16.7 Å². The van der Waals surface area contributed by atoms with Crippen molar-refractivity contribution >= 4 is 21.8 Å². The molecule has 0 saturated heterocycles. The second-order valence-corrected chi connectivity index (χ2v) is 5.64. The Morgan fingerprint density at radius 1 is 1.12 bits per heavy atom. The van der Waals surface area contributed by atoms with Crippen LogP contribution in [0.4, 0.5) is 0 Å². The van der Waals surface area contributed by atoms with Crippen molar-refractivity contribution in [3.63, 3.8) is 0 Å². The van der Waals surface area contributed by atoms with Gasteiger partial charge in [0.15, 0.2) is 0 Å². The first kappa shape index (κ1) is 16.1. The molecular formula is C16H14BrN5O2. The highest BCUT2D eigenvalue weighted by atomic mass is 79.9. The third kappa shape index (κ3) is 3.96. The van der Waals surface area contributed by atoms with Crippen LogP contribution in [0.1, 0.15) is 10.5 Å².